The van der Waals surface area contributed by atoms with Gasteiger partial charge in [-0.15, -0.1) is 0 Å². The van der Waals surface area contributed by atoms with Crippen LogP contribution >= 0.6 is 0 Å². The average Bonchev–Trinajstić information content (AvgIpc) is 2.73. The number of aliphatic hydroxyl groups excluding tert-OH is 1. The Morgan fingerprint density at radius 3 is 2.71 bits per heavy atom. The van der Waals surface area contributed by atoms with Crippen LogP contribution in [0.5, 0.6) is 5.75 Å². The second-order valence-electron chi connectivity index (χ2n) is 5.83. The highest BCUT2D eigenvalue weighted by Gasteiger charge is 2.43. The Balaban J connectivity index is 2.53. The lowest BCUT2D eigenvalue weighted by molar-refractivity contribution is 0.0588. The Kier molecular flexibility index (Phi) is 3.88. The van der Waals surface area contributed by atoms with E-state index in [0.717, 1.165) is 0 Å². The van der Waals surface area contributed by atoms with Gasteiger partial charge >= 0.3 is 0 Å². The van der Waals surface area contributed by atoms with Gasteiger partial charge in [0.25, 0.3) is 5.91 Å². The van der Waals surface area contributed by atoms with Crippen molar-refractivity contribution < 1.29 is 19.0 Å². The Bertz CT molecular complexity index is 622. The Hall–Kier alpha value is -2.13. The summed E-state index contributed by atoms with van der Waals surface area (Å²) in [7, 11) is 1.39. The molecule has 0 bridgehead atoms. The zero-order valence-electron chi connectivity index (χ0n) is 12.2. The van der Waals surface area contributed by atoms with Crippen molar-refractivity contribution in [1.82, 2.24) is 4.90 Å². The molecule has 1 amide bonds. The molecule has 112 valence electrons. The Morgan fingerprint density at radius 2 is 2.19 bits per heavy atom. The van der Waals surface area contributed by atoms with Crippen LogP contribution in [0.15, 0.2) is 12.1 Å². The number of halogens is 1. The summed E-state index contributed by atoms with van der Waals surface area (Å²) in [5, 5.41) is 18.7. The van der Waals surface area contributed by atoms with Crippen LogP contribution in [0.2, 0.25) is 0 Å². The van der Waals surface area contributed by atoms with Crippen molar-refractivity contribution in [3.63, 3.8) is 0 Å². The molecule has 0 radical (unpaired) electrons. The van der Waals surface area contributed by atoms with E-state index >= 15 is 0 Å². The van der Waals surface area contributed by atoms with Crippen molar-refractivity contribution in [2.24, 2.45) is 5.41 Å². The smallest absolute Gasteiger partial charge is 0.259 e. The molecule has 0 fully saturated rings. The number of ether oxygens (including phenoxy) is 1. The Morgan fingerprint density at radius 1 is 1.52 bits per heavy atom. The van der Waals surface area contributed by atoms with Crippen molar-refractivity contribution in [2.75, 3.05) is 20.3 Å². The van der Waals surface area contributed by atoms with Gasteiger partial charge in [-0.2, -0.15) is 5.26 Å². The highest BCUT2D eigenvalue weighted by atomic mass is 19.1. The molecule has 1 atom stereocenters. The topological polar surface area (TPSA) is 73.6 Å². The third-order valence-corrected chi connectivity index (χ3v) is 3.58. The van der Waals surface area contributed by atoms with E-state index in [0.29, 0.717) is 0 Å². The van der Waals surface area contributed by atoms with Crippen LogP contribution in [0.25, 0.3) is 0 Å². The first-order valence-corrected chi connectivity index (χ1v) is 6.54. The van der Waals surface area contributed by atoms with E-state index in [4.69, 9.17) is 4.74 Å². The second-order valence-corrected chi connectivity index (χ2v) is 5.83. The summed E-state index contributed by atoms with van der Waals surface area (Å²) < 4.78 is 19.2. The molecular weight excluding hydrogens is 275 g/mol. The molecule has 1 aliphatic heterocycles. The highest BCUT2D eigenvalue weighted by Crippen LogP contribution is 2.41. The van der Waals surface area contributed by atoms with Crippen LogP contribution in [-0.2, 0) is 0 Å². The number of aliphatic hydroxyl groups is 1. The van der Waals surface area contributed by atoms with Gasteiger partial charge in [-0.05, 0) is 12.1 Å². The maximum Gasteiger partial charge on any atom is 0.259 e. The maximum atomic E-state index is 14.1. The van der Waals surface area contributed by atoms with Gasteiger partial charge in [0.15, 0.2) is 0 Å². The second kappa shape index (κ2) is 5.34. The molecule has 6 heteroatoms. The molecule has 0 aliphatic carbocycles. The number of hydrogen-bond donors (Lipinski definition) is 1. The summed E-state index contributed by atoms with van der Waals surface area (Å²) in [5.74, 6) is -0.801. The fourth-order valence-electron chi connectivity index (χ4n) is 2.46. The van der Waals surface area contributed by atoms with E-state index < -0.39 is 23.2 Å². The number of carbonyl (C=O) groups excluding carboxylic acids is 1. The average molecular weight is 292 g/mol. The fraction of sp³-hybridized carbons (Fsp3) is 0.467. The van der Waals surface area contributed by atoms with E-state index in [-0.39, 0.29) is 30.0 Å². The number of rotatable bonds is 4. The molecular formula is C15H17FN2O3. The summed E-state index contributed by atoms with van der Waals surface area (Å²) in [6.45, 7) is 3.54. The first kappa shape index (κ1) is 15.3. The third kappa shape index (κ3) is 2.45. The minimum absolute atomic E-state index is 0.0515. The van der Waals surface area contributed by atoms with Crippen molar-refractivity contribution in [3.05, 3.63) is 29.1 Å². The molecule has 1 aliphatic rings. The minimum Gasteiger partial charge on any atom is -0.496 e. The molecule has 5 nitrogen and oxygen atoms in total. The molecule has 1 unspecified atom stereocenters. The van der Waals surface area contributed by atoms with Gasteiger partial charge in [-0.3, -0.25) is 4.79 Å². The molecule has 1 aromatic rings. The first-order valence-electron chi connectivity index (χ1n) is 6.54. The Labute approximate surface area is 122 Å². The molecule has 21 heavy (non-hydrogen) atoms. The van der Waals surface area contributed by atoms with Gasteiger partial charge < -0.3 is 14.7 Å². The molecule has 1 heterocycles. The molecule has 0 spiro atoms. The van der Waals surface area contributed by atoms with Gasteiger partial charge in [0.05, 0.1) is 18.7 Å². The van der Waals surface area contributed by atoms with Crippen molar-refractivity contribution in [3.8, 4) is 11.8 Å². The summed E-state index contributed by atoms with van der Waals surface area (Å²) in [6.07, 6.45) is 0. The van der Waals surface area contributed by atoms with Crippen LogP contribution in [0.4, 0.5) is 4.39 Å². The number of hydrogen-bond acceptors (Lipinski definition) is 4. The summed E-state index contributed by atoms with van der Waals surface area (Å²) in [6, 6.07) is 3.53. The van der Waals surface area contributed by atoms with Gasteiger partial charge in [0, 0.05) is 24.1 Å². The number of nitriles is 1. The van der Waals surface area contributed by atoms with Gasteiger partial charge in [0.2, 0.25) is 0 Å². The summed E-state index contributed by atoms with van der Waals surface area (Å²) in [5.41, 5.74) is -0.440. The third-order valence-electron chi connectivity index (χ3n) is 3.58. The quantitative estimate of drug-likeness (QED) is 0.919. The molecule has 2 rings (SSSR count). The standard InChI is InChI=1S/C15H17FN2O3/c1-15(2,8-19)7-18-10(6-17)12-9(16)4-5-11(21-3)13(12)14(18)20/h4-5,10,19H,7-8H2,1-3H3. The highest BCUT2D eigenvalue weighted by molar-refractivity contribution is 6.02. The SMILES string of the molecule is COc1ccc(F)c2c1C(=O)N(CC(C)(C)CO)C2C#N. The normalized spacial score (nSPS) is 17.6. The van der Waals surface area contributed by atoms with Gasteiger partial charge in [-0.25, -0.2) is 4.39 Å². The molecule has 0 aromatic heterocycles. The maximum absolute atomic E-state index is 14.1. The van der Waals surface area contributed by atoms with E-state index in [2.05, 4.69) is 0 Å². The monoisotopic (exact) mass is 292 g/mol. The minimum atomic E-state index is -1.01. The zero-order valence-corrected chi connectivity index (χ0v) is 12.2. The predicted molar refractivity (Wildman–Crippen MR) is 73.2 cm³/mol. The summed E-state index contributed by atoms with van der Waals surface area (Å²) in [4.78, 5) is 13.8. The van der Waals surface area contributed by atoms with Crippen molar-refractivity contribution >= 4 is 5.91 Å². The predicted octanol–water partition coefficient (Wildman–Crippen LogP) is 1.87. The summed E-state index contributed by atoms with van der Waals surface area (Å²) >= 11 is 0. The lowest BCUT2D eigenvalue weighted by atomic mass is 9.93. The largest absolute Gasteiger partial charge is 0.496 e. The zero-order chi connectivity index (χ0) is 15.8. The molecule has 0 saturated carbocycles. The van der Waals surface area contributed by atoms with Crippen molar-refractivity contribution in [2.45, 2.75) is 19.9 Å². The lowest BCUT2D eigenvalue weighted by Gasteiger charge is -2.30. The van der Waals surface area contributed by atoms with Crippen LogP contribution in [0.1, 0.15) is 35.8 Å². The van der Waals surface area contributed by atoms with Crippen LogP contribution in [0.3, 0.4) is 0 Å². The number of nitrogens with zero attached hydrogens (tertiary/aromatic N) is 2. The lowest BCUT2D eigenvalue weighted by Crippen LogP contribution is -2.38. The van der Waals surface area contributed by atoms with Crippen LogP contribution < -0.4 is 4.74 Å². The number of benzene rings is 1. The number of methoxy groups -OCH3 is 1. The fourth-order valence-corrected chi connectivity index (χ4v) is 2.46. The van der Waals surface area contributed by atoms with Crippen molar-refractivity contribution in [1.29, 1.82) is 5.26 Å². The number of amides is 1. The van der Waals surface area contributed by atoms with E-state index in [1.165, 1.54) is 24.1 Å². The number of carbonyl (C=O) groups is 1. The van der Waals surface area contributed by atoms with E-state index in [9.17, 15) is 19.6 Å². The number of fused-ring (bicyclic) bond motifs is 1. The van der Waals surface area contributed by atoms with Gasteiger partial charge in [0.1, 0.15) is 17.6 Å². The van der Waals surface area contributed by atoms with E-state index in [1.807, 2.05) is 6.07 Å². The molecule has 0 saturated heterocycles. The molecule has 1 N–H and O–H groups in total. The van der Waals surface area contributed by atoms with Crippen LogP contribution in [0, 0.1) is 22.6 Å². The van der Waals surface area contributed by atoms with Crippen LogP contribution in [-0.4, -0.2) is 36.2 Å². The first-order chi connectivity index (χ1) is 9.86. The molecule has 1 aromatic carbocycles. The van der Waals surface area contributed by atoms with Gasteiger partial charge in [-0.1, -0.05) is 13.8 Å². The van der Waals surface area contributed by atoms with E-state index in [1.54, 1.807) is 13.8 Å².